The highest BCUT2D eigenvalue weighted by Crippen LogP contribution is 2.30. The van der Waals surface area contributed by atoms with E-state index in [2.05, 4.69) is 19.4 Å². The number of esters is 1. The van der Waals surface area contributed by atoms with E-state index in [-0.39, 0.29) is 36.2 Å². The van der Waals surface area contributed by atoms with E-state index in [0.29, 0.717) is 47.2 Å². The fourth-order valence-corrected chi connectivity index (χ4v) is 6.07. The van der Waals surface area contributed by atoms with Gasteiger partial charge in [-0.15, -0.1) is 0 Å². The Bertz CT molecular complexity index is 1880. The van der Waals surface area contributed by atoms with Gasteiger partial charge in [0, 0.05) is 42.8 Å². The van der Waals surface area contributed by atoms with Crippen molar-refractivity contribution in [1.29, 1.82) is 0 Å². The maximum absolute atomic E-state index is 14.6. The van der Waals surface area contributed by atoms with Gasteiger partial charge >= 0.3 is 5.97 Å². The largest absolute Gasteiger partial charge is 0.473 e. The van der Waals surface area contributed by atoms with Gasteiger partial charge in [0.2, 0.25) is 5.88 Å². The van der Waals surface area contributed by atoms with Crippen LogP contribution in [0.5, 0.6) is 5.88 Å². The summed E-state index contributed by atoms with van der Waals surface area (Å²) in [5.74, 6) is 1.32. The SMILES string of the molecule is Cc1nc2cc(F)c(COc3cccc(C4CCN(Cc5nc6ccc(C(=O)OC(C)C)nc6n5C[C@@H]5CCO5)CC4)n3)cc2o1. The molecule has 0 N–H and O–H groups in total. The maximum atomic E-state index is 14.6. The molecule has 12 heteroatoms. The number of fused-ring (bicyclic) bond motifs is 2. The number of aromatic nitrogens is 5. The van der Waals surface area contributed by atoms with Gasteiger partial charge < -0.3 is 23.2 Å². The van der Waals surface area contributed by atoms with Crippen LogP contribution in [-0.4, -0.2) is 67.3 Å². The van der Waals surface area contributed by atoms with Crippen molar-refractivity contribution in [3.63, 3.8) is 0 Å². The molecule has 1 atom stereocenters. The van der Waals surface area contributed by atoms with Crippen LogP contribution in [0.1, 0.15) is 72.5 Å². The van der Waals surface area contributed by atoms with Gasteiger partial charge in [-0.25, -0.2) is 29.1 Å². The standard InChI is InChI=1S/C34H37FN6O5/c1-20(2)45-34(42)28-8-7-27-33(39-28)41(17-24-11-14-43-24)31(37-27)18-40-12-9-22(10-13-40)26-5-4-6-32(38-26)44-19-23-15-30-29(16-25(23)35)36-21(3)46-30/h4-8,15-16,20,22,24H,9-14,17-19H2,1-3H3/t24-/m0/s1. The minimum absolute atomic E-state index is 0.0403. The van der Waals surface area contributed by atoms with Crippen LogP contribution in [0, 0.1) is 12.7 Å². The first-order valence-electron chi connectivity index (χ1n) is 15.9. The Hall–Kier alpha value is -4.42. The number of likely N-dealkylation sites (tertiary alicyclic amines) is 1. The van der Waals surface area contributed by atoms with E-state index in [4.69, 9.17) is 28.6 Å². The van der Waals surface area contributed by atoms with Gasteiger partial charge in [0.15, 0.2) is 22.8 Å². The van der Waals surface area contributed by atoms with Crippen molar-refractivity contribution in [2.24, 2.45) is 0 Å². The number of piperidine rings is 1. The maximum Gasteiger partial charge on any atom is 0.357 e. The molecule has 11 nitrogen and oxygen atoms in total. The third-order valence-electron chi connectivity index (χ3n) is 8.56. The van der Waals surface area contributed by atoms with Crippen LogP contribution in [0.25, 0.3) is 22.3 Å². The summed E-state index contributed by atoms with van der Waals surface area (Å²) in [6.45, 7) is 9.24. The molecule has 5 aromatic rings. The lowest BCUT2D eigenvalue weighted by molar-refractivity contribution is -0.0593. The fourth-order valence-electron chi connectivity index (χ4n) is 6.07. The van der Waals surface area contributed by atoms with Gasteiger partial charge in [-0.3, -0.25) is 4.90 Å². The molecule has 0 spiro atoms. The van der Waals surface area contributed by atoms with Crippen molar-refractivity contribution >= 4 is 28.2 Å². The number of ether oxygens (including phenoxy) is 3. The summed E-state index contributed by atoms with van der Waals surface area (Å²) in [4.78, 5) is 33.5. The number of halogens is 1. The molecule has 0 radical (unpaired) electrons. The van der Waals surface area contributed by atoms with Gasteiger partial charge in [0.1, 0.15) is 29.3 Å². The number of hydrogen-bond acceptors (Lipinski definition) is 10. The van der Waals surface area contributed by atoms with E-state index in [9.17, 15) is 9.18 Å². The Morgan fingerprint density at radius 1 is 1.04 bits per heavy atom. The Morgan fingerprint density at radius 3 is 2.63 bits per heavy atom. The topological polar surface area (TPSA) is 118 Å². The second-order valence-corrected chi connectivity index (χ2v) is 12.3. The van der Waals surface area contributed by atoms with Crippen molar-refractivity contribution < 1.29 is 27.8 Å². The van der Waals surface area contributed by atoms with Crippen molar-refractivity contribution in [3.05, 3.63) is 76.9 Å². The number of carbonyl (C=O) groups is 1. The minimum atomic E-state index is -0.439. The Kier molecular flexibility index (Phi) is 8.39. The smallest absolute Gasteiger partial charge is 0.357 e. The number of carbonyl (C=O) groups excluding carboxylic acids is 1. The number of hydrogen-bond donors (Lipinski definition) is 0. The summed E-state index contributed by atoms with van der Waals surface area (Å²) in [6, 6.07) is 12.3. The Balaban J connectivity index is 1.01. The average molecular weight is 629 g/mol. The first-order valence-corrected chi connectivity index (χ1v) is 15.9. The van der Waals surface area contributed by atoms with E-state index in [1.54, 1.807) is 25.1 Å². The number of oxazole rings is 1. The monoisotopic (exact) mass is 628 g/mol. The number of aryl methyl sites for hydroxylation is 1. The fraction of sp³-hybridized carbons (Fsp3) is 0.441. The lowest BCUT2D eigenvalue weighted by atomic mass is 9.93. The quantitative estimate of drug-likeness (QED) is 0.178. The highest BCUT2D eigenvalue weighted by Gasteiger charge is 2.27. The molecule has 4 aromatic heterocycles. The zero-order chi connectivity index (χ0) is 31.8. The molecule has 6 heterocycles. The molecule has 240 valence electrons. The van der Waals surface area contributed by atoms with E-state index in [0.717, 1.165) is 56.0 Å². The number of nitrogens with zero attached hydrogens (tertiary/aromatic N) is 6. The highest BCUT2D eigenvalue weighted by molar-refractivity contribution is 5.90. The third kappa shape index (κ3) is 6.45. The summed E-state index contributed by atoms with van der Waals surface area (Å²) in [5, 5.41) is 0. The number of imidazole rings is 1. The Labute approximate surface area is 265 Å². The Morgan fingerprint density at radius 2 is 1.87 bits per heavy atom. The molecule has 0 aliphatic carbocycles. The van der Waals surface area contributed by atoms with Crippen LogP contribution < -0.4 is 4.74 Å². The average Bonchev–Trinajstić information content (AvgIpc) is 3.55. The molecule has 0 bridgehead atoms. The molecule has 1 aromatic carbocycles. The minimum Gasteiger partial charge on any atom is -0.473 e. The normalized spacial score (nSPS) is 17.5. The van der Waals surface area contributed by atoms with Crippen molar-refractivity contribution in [1.82, 2.24) is 29.4 Å². The molecule has 0 saturated carbocycles. The van der Waals surface area contributed by atoms with Gasteiger partial charge in [-0.1, -0.05) is 6.07 Å². The zero-order valence-corrected chi connectivity index (χ0v) is 26.2. The van der Waals surface area contributed by atoms with E-state index in [1.807, 2.05) is 32.0 Å². The van der Waals surface area contributed by atoms with E-state index in [1.165, 1.54) is 6.07 Å². The predicted molar refractivity (Wildman–Crippen MR) is 167 cm³/mol. The molecule has 7 rings (SSSR count). The van der Waals surface area contributed by atoms with Crippen LogP contribution in [0.4, 0.5) is 4.39 Å². The third-order valence-corrected chi connectivity index (χ3v) is 8.56. The zero-order valence-electron chi connectivity index (χ0n) is 26.2. The van der Waals surface area contributed by atoms with Crippen molar-refractivity contribution in [2.75, 3.05) is 19.7 Å². The van der Waals surface area contributed by atoms with Crippen molar-refractivity contribution in [3.8, 4) is 5.88 Å². The van der Waals surface area contributed by atoms with Crippen LogP contribution in [0.15, 0.2) is 46.9 Å². The molecule has 2 aliphatic heterocycles. The molecule has 2 fully saturated rings. The summed E-state index contributed by atoms with van der Waals surface area (Å²) in [6.07, 6.45) is 2.74. The summed E-state index contributed by atoms with van der Waals surface area (Å²) in [5.41, 5.74) is 4.09. The number of benzene rings is 1. The lowest BCUT2D eigenvalue weighted by Gasteiger charge is -2.32. The number of pyridine rings is 2. The van der Waals surface area contributed by atoms with E-state index >= 15 is 0 Å². The first-order chi connectivity index (χ1) is 22.3. The second-order valence-electron chi connectivity index (χ2n) is 12.3. The van der Waals surface area contributed by atoms with Gasteiger partial charge in [0.25, 0.3) is 0 Å². The summed E-state index contributed by atoms with van der Waals surface area (Å²) < 4.78 is 39.3. The van der Waals surface area contributed by atoms with Crippen molar-refractivity contribution in [2.45, 2.75) is 77.9 Å². The highest BCUT2D eigenvalue weighted by atomic mass is 19.1. The van der Waals surface area contributed by atoms with Gasteiger partial charge in [0.05, 0.1) is 25.3 Å². The molecule has 0 amide bonds. The number of rotatable bonds is 10. The molecule has 2 saturated heterocycles. The predicted octanol–water partition coefficient (Wildman–Crippen LogP) is 5.73. The second kappa shape index (κ2) is 12.8. The summed E-state index contributed by atoms with van der Waals surface area (Å²) >= 11 is 0. The van der Waals surface area contributed by atoms with E-state index < -0.39 is 5.97 Å². The van der Waals surface area contributed by atoms with Crippen LogP contribution in [0.2, 0.25) is 0 Å². The molecule has 2 aliphatic rings. The van der Waals surface area contributed by atoms with Crippen LogP contribution in [-0.2, 0) is 29.2 Å². The first kappa shape index (κ1) is 30.2. The molecule has 46 heavy (non-hydrogen) atoms. The molecule has 0 unspecified atom stereocenters. The van der Waals surface area contributed by atoms with Crippen LogP contribution >= 0.6 is 0 Å². The molecular formula is C34H37FN6O5. The van der Waals surface area contributed by atoms with Crippen LogP contribution in [0.3, 0.4) is 0 Å². The lowest BCUT2D eigenvalue weighted by Crippen LogP contribution is -2.35. The summed E-state index contributed by atoms with van der Waals surface area (Å²) in [7, 11) is 0. The van der Waals surface area contributed by atoms with Gasteiger partial charge in [-0.2, -0.15) is 0 Å². The van der Waals surface area contributed by atoms with Gasteiger partial charge in [-0.05, 0) is 70.5 Å². The molecular weight excluding hydrogens is 591 g/mol.